The monoisotopic (exact) mass is 479 g/mol. The number of rotatable bonds is 10. The molecule has 0 aliphatic rings. The molecule has 0 spiro atoms. The number of benzene rings is 4. The number of methoxy groups -OCH3 is 1. The van der Waals surface area contributed by atoms with Crippen LogP contribution in [0, 0.1) is 0 Å². The lowest BCUT2D eigenvalue weighted by molar-refractivity contribution is -0.141. The summed E-state index contributed by atoms with van der Waals surface area (Å²) in [6.07, 6.45) is 0.220. The molecule has 1 atom stereocenters. The number of hydrogen-bond donors (Lipinski definition) is 2. The van der Waals surface area contributed by atoms with Gasteiger partial charge in [-0.1, -0.05) is 103 Å². The molecule has 4 aromatic rings. The minimum absolute atomic E-state index is 0.0530. The van der Waals surface area contributed by atoms with E-state index in [9.17, 15) is 14.7 Å². The molecule has 4 rings (SSSR count). The van der Waals surface area contributed by atoms with Gasteiger partial charge in [0.2, 0.25) is 5.91 Å². The molecule has 0 fully saturated rings. The summed E-state index contributed by atoms with van der Waals surface area (Å²) in [6, 6.07) is 35.8. The first-order valence-electron chi connectivity index (χ1n) is 11.8. The van der Waals surface area contributed by atoms with E-state index >= 15 is 0 Å². The summed E-state index contributed by atoms with van der Waals surface area (Å²) >= 11 is 0. The van der Waals surface area contributed by atoms with Crippen LogP contribution >= 0.6 is 0 Å². The van der Waals surface area contributed by atoms with E-state index < -0.39 is 17.4 Å². The van der Waals surface area contributed by atoms with E-state index in [2.05, 4.69) is 5.32 Å². The molecule has 0 bridgehead atoms. The van der Waals surface area contributed by atoms with Crippen molar-refractivity contribution in [2.24, 2.45) is 0 Å². The number of nitrogens with one attached hydrogen (secondary N) is 1. The van der Waals surface area contributed by atoms with Crippen LogP contribution in [0.15, 0.2) is 115 Å². The zero-order valence-electron chi connectivity index (χ0n) is 20.1. The third-order valence-electron chi connectivity index (χ3n) is 6.46. The second-order valence-corrected chi connectivity index (χ2v) is 8.69. The zero-order chi connectivity index (χ0) is 25.4. The topological polar surface area (TPSA) is 75.6 Å². The van der Waals surface area contributed by atoms with Crippen LogP contribution in [0.5, 0.6) is 5.75 Å². The Hall–Kier alpha value is -4.38. The molecule has 0 heterocycles. The van der Waals surface area contributed by atoms with Crippen molar-refractivity contribution >= 4 is 11.9 Å². The minimum atomic E-state index is -1.08. The number of ether oxygens (including phenoxy) is 1. The van der Waals surface area contributed by atoms with Crippen LogP contribution in [0.2, 0.25) is 0 Å². The molecule has 5 heteroatoms. The molecule has 0 aromatic heterocycles. The second kappa shape index (κ2) is 11.4. The lowest BCUT2D eigenvalue weighted by Crippen LogP contribution is -2.45. The maximum Gasteiger partial charge on any atom is 0.326 e. The van der Waals surface area contributed by atoms with E-state index in [-0.39, 0.29) is 18.7 Å². The second-order valence-electron chi connectivity index (χ2n) is 8.69. The van der Waals surface area contributed by atoms with Crippen molar-refractivity contribution in [3.05, 3.63) is 138 Å². The van der Waals surface area contributed by atoms with E-state index in [1.807, 2.05) is 103 Å². The number of carbonyl (C=O) groups is 2. The molecule has 182 valence electrons. The van der Waals surface area contributed by atoms with Crippen LogP contribution in [0.1, 0.15) is 28.7 Å². The highest BCUT2D eigenvalue weighted by molar-refractivity contribution is 5.85. The van der Waals surface area contributed by atoms with Crippen molar-refractivity contribution in [3.63, 3.8) is 0 Å². The van der Waals surface area contributed by atoms with E-state index in [1.54, 1.807) is 19.2 Å². The Kier molecular flexibility index (Phi) is 7.81. The molecule has 2 N–H and O–H groups in total. The average molecular weight is 480 g/mol. The first-order chi connectivity index (χ1) is 17.5. The summed E-state index contributed by atoms with van der Waals surface area (Å²) < 4.78 is 5.18. The molecule has 0 saturated carbocycles. The first kappa shape index (κ1) is 24.7. The van der Waals surface area contributed by atoms with Gasteiger partial charge in [0.1, 0.15) is 11.8 Å². The summed E-state index contributed by atoms with van der Waals surface area (Å²) in [5.41, 5.74) is 2.87. The number of hydrogen-bond acceptors (Lipinski definition) is 3. The summed E-state index contributed by atoms with van der Waals surface area (Å²) in [5.74, 6) is -0.732. The van der Waals surface area contributed by atoms with Crippen LogP contribution in [0.3, 0.4) is 0 Å². The van der Waals surface area contributed by atoms with Gasteiger partial charge in [0.25, 0.3) is 0 Å². The highest BCUT2D eigenvalue weighted by Gasteiger charge is 2.39. The summed E-state index contributed by atoms with van der Waals surface area (Å²) in [7, 11) is 1.58. The molecule has 5 nitrogen and oxygen atoms in total. The Balaban J connectivity index is 1.69. The van der Waals surface area contributed by atoms with Gasteiger partial charge in [-0.3, -0.25) is 4.79 Å². The third-order valence-corrected chi connectivity index (χ3v) is 6.46. The Bertz CT molecular complexity index is 1180. The van der Waals surface area contributed by atoms with Gasteiger partial charge in [-0.15, -0.1) is 0 Å². The molecule has 36 heavy (non-hydrogen) atoms. The van der Waals surface area contributed by atoms with Crippen LogP contribution in [-0.4, -0.2) is 30.1 Å². The number of carboxylic acids is 1. The molecular weight excluding hydrogens is 450 g/mol. The highest BCUT2D eigenvalue weighted by atomic mass is 16.5. The van der Waals surface area contributed by atoms with Crippen LogP contribution < -0.4 is 10.1 Å². The van der Waals surface area contributed by atoms with Crippen molar-refractivity contribution in [1.29, 1.82) is 0 Å². The molecule has 4 aromatic carbocycles. The normalized spacial score (nSPS) is 11.9. The zero-order valence-corrected chi connectivity index (χ0v) is 20.1. The van der Waals surface area contributed by atoms with Gasteiger partial charge in [0.15, 0.2) is 0 Å². The van der Waals surface area contributed by atoms with E-state index in [4.69, 9.17) is 4.74 Å². The molecule has 0 radical (unpaired) electrons. The van der Waals surface area contributed by atoms with Crippen LogP contribution in [0.4, 0.5) is 0 Å². The first-order valence-corrected chi connectivity index (χ1v) is 11.8. The van der Waals surface area contributed by atoms with Crippen molar-refractivity contribution in [2.75, 3.05) is 7.11 Å². The summed E-state index contributed by atoms with van der Waals surface area (Å²) in [6.45, 7) is 0. The van der Waals surface area contributed by atoms with Crippen molar-refractivity contribution < 1.29 is 19.4 Å². The quantitative estimate of drug-likeness (QED) is 0.305. The molecule has 0 unspecified atom stereocenters. The van der Waals surface area contributed by atoms with Gasteiger partial charge in [0.05, 0.1) is 12.5 Å². The standard InChI is InChI=1S/C31H29NO4/c1-36-27-19-17-23(18-20-27)21-28(30(34)35)32-29(33)22-31(24-11-5-2-6-12-24,25-13-7-3-8-14-25)26-15-9-4-10-16-26/h2-20,28H,21-22H2,1H3,(H,32,33)(H,34,35)/t28-/m0/s1. The van der Waals surface area contributed by atoms with E-state index in [1.165, 1.54) is 0 Å². The molecule has 1 amide bonds. The van der Waals surface area contributed by atoms with E-state index in [0.717, 1.165) is 22.3 Å². The fourth-order valence-electron chi connectivity index (χ4n) is 4.66. The van der Waals surface area contributed by atoms with Crippen molar-refractivity contribution in [2.45, 2.75) is 24.3 Å². The number of aliphatic carboxylic acids is 1. The largest absolute Gasteiger partial charge is 0.497 e. The molecule has 0 aliphatic heterocycles. The van der Waals surface area contributed by atoms with Gasteiger partial charge >= 0.3 is 5.97 Å². The fourth-order valence-corrected chi connectivity index (χ4v) is 4.66. The Morgan fingerprint density at radius 2 is 1.19 bits per heavy atom. The Morgan fingerprint density at radius 1 is 0.750 bits per heavy atom. The summed E-state index contributed by atoms with van der Waals surface area (Å²) in [4.78, 5) is 25.7. The summed E-state index contributed by atoms with van der Waals surface area (Å²) in [5, 5.41) is 12.7. The van der Waals surface area contributed by atoms with Gasteiger partial charge in [0, 0.05) is 12.8 Å². The Morgan fingerprint density at radius 3 is 1.58 bits per heavy atom. The average Bonchev–Trinajstić information content (AvgIpc) is 2.93. The maximum absolute atomic E-state index is 13.6. The highest BCUT2D eigenvalue weighted by Crippen LogP contribution is 2.42. The Labute approximate surface area is 211 Å². The van der Waals surface area contributed by atoms with Gasteiger partial charge in [-0.25, -0.2) is 4.79 Å². The number of carboxylic acid groups (broad SMARTS) is 1. The molecule has 0 aliphatic carbocycles. The lowest BCUT2D eigenvalue weighted by Gasteiger charge is -2.36. The predicted octanol–water partition coefficient (Wildman–Crippen LogP) is 5.23. The smallest absolute Gasteiger partial charge is 0.326 e. The van der Waals surface area contributed by atoms with Crippen LogP contribution in [-0.2, 0) is 21.4 Å². The van der Waals surface area contributed by atoms with Crippen molar-refractivity contribution in [1.82, 2.24) is 5.32 Å². The fraction of sp³-hybridized carbons (Fsp3) is 0.161. The number of carbonyl (C=O) groups excluding carboxylic acids is 1. The SMILES string of the molecule is COc1ccc(C[C@H](NC(=O)CC(c2ccccc2)(c2ccccc2)c2ccccc2)C(=O)O)cc1. The van der Waals surface area contributed by atoms with E-state index in [0.29, 0.717) is 5.75 Å². The van der Waals surface area contributed by atoms with Crippen LogP contribution in [0.25, 0.3) is 0 Å². The maximum atomic E-state index is 13.6. The minimum Gasteiger partial charge on any atom is -0.497 e. The van der Waals surface area contributed by atoms with Gasteiger partial charge in [-0.2, -0.15) is 0 Å². The lowest BCUT2D eigenvalue weighted by atomic mass is 9.67. The number of amides is 1. The third kappa shape index (κ3) is 5.47. The van der Waals surface area contributed by atoms with Gasteiger partial charge < -0.3 is 15.2 Å². The molecular formula is C31H29NO4. The molecule has 0 saturated heterocycles. The van der Waals surface area contributed by atoms with Crippen molar-refractivity contribution in [3.8, 4) is 5.75 Å². The van der Waals surface area contributed by atoms with Gasteiger partial charge in [-0.05, 0) is 34.4 Å². The predicted molar refractivity (Wildman–Crippen MR) is 140 cm³/mol.